The van der Waals surface area contributed by atoms with Crippen molar-refractivity contribution in [2.24, 2.45) is 0 Å². The lowest BCUT2D eigenvalue weighted by molar-refractivity contribution is -0.118. The zero-order valence-electron chi connectivity index (χ0n) is 10.9. The van der Waals surface area contributed by atoms with Crippen LogP contribution in [0, 0.1) is 5.82 Å². The summed E-state index contributed by atoms with van der Waals surface area (Å²) in [7, 11) is 1.21. The molecule has 0 bridgehead atoms. The number of amides is 1. The van der Waals surface area contributed by atoms with Gasteiger partial charge in [-0.05, 0) is 24.6 Å². The molecule has 0 aliphatic heterocycles. The van der Waals surface area contributed by atoms with Crippen LogP contribution in [-0.2, 0) is 15.3 Å². The number of esters is 1. The van der Waals surface area contributed by atoms with Crippen molar-refractivity contribution in [1.29, 1.82) is 0 Å². The topological polar surface area (TPSA) is 55.4 Å². The van der Waals surface area contributed by atoms with Crippen LogP contribution in [-0.4, -0.2) is 31.3 Å². The number of carbonyl (C=O) groups excluding carboxylic acids is 2. The molecule has 0 atom stereocenters. The van der Waals surface area contributed by atoms with Gasteiger partial charge in [0.1, 0.15) is 5.82 Å². The zero-order valence-corrected chi connectivity index (χ0v) is 11.7. The number of ether oxygens (including phenoxy) is 1. The Morgan fingerprint density at radius 1 is 1.42 bits per heavy atom. The Bertz CT molecular complexity index is 465. The van der Waals surface area contributed by atoms with Gasteiger partial charge >= 0.3 is 5.97 Å². The van der Waals surface area contributed by atoms with Crippen molar-refractivity contribution in [3.63, 3.8) is 0 Å². The van der Waals surface area contributed by atoms with Gasteiger partial charge in [0.05, 0.1) is 18.4 Å². The molecule has 0 aliphatic rings. The fourth-order valence-corrected chi connectivity index (χ4v) is 2.24. The van der Waals surface area contributed by atoms with E-state index in [0.29, 0.717) is 18.1 Å². The summed E-state index contributed by atoms with van der Waals surface area (Å²) in [6, 6.07) is 4.33. The maximum atomic E-state index is 13.6. The molecule has 1 rings (SSSR count). The second-order valence-corrected chi connectivity index (χ2v) is 4.74. The molecule has 1 aromatic carbocycles. The number of rotatable bonds is 6. The first-order valence-corrected chi connectivity index (χ1v) is 6.95. The lowest BCUT2D eigenvalue weighted by Crippen LogP contribution is -2.24. The van der Waals surface area contributed by atoms with Crippen LogP contribution < -0.4 is 5.32 Å². The molecule has 104 valence electrons. The van der Waals surface area contributed by atoms with Crippen molar-refractivity contribution < 1.29 is 18.7 Å². The third-order valence-corrected chi connectivity index (χ3v) is 3.32. The summed E-state index contributed by atoms with van der Waals surface area (Å²) in [4.78, 5) is 22.4. The number of benzene rings is 1. The number of hydrogen-bond donors (Lipinski definition) is 1. The first-order valence-electron chi connectivity index (χ1n) is 5.79. The number of halogens is 1. The smallest absolute Gasteiger partial charge is 0.340 e. The average Bonchev–Trinajstić information content (AvgIpc) is 2.38. The fourth-order valence-electron chi connectivity index (χ4n) is 1.43. The van der Waals surface area contributed by atoms with Gasteiger partial charge in [-0.3, -0.25) is 4.79 Å². The fraction of sp³-hybridized carbons (Fsp3) is 0.385. The largest absolute Gasteiger partial charge is 0.465 e. The lowest BCUT2D eigenvalue weighted by Gasteiger charge is -2.05. The molecule has 0 saturated heterocycles. The second-order valence-electron chi connectivity index (χ2n) is 3.75. The highest BCUT2D eigenvalue weighted by molar-refractivity contribution is 7.99. The number of hydrogen-bond acceptors (Lipinski definition) is 4. The summed E-state index contributed by atoms with van der Waals surface area (Å²) in [5, 5.41) is 2.68. The van der Waals surface area contributed by atoms with Crippen LogP contribution >= 0.6 is 11.8 Å². The van der Waals surface area contributed by atoms with E-state index in [1.165, 1.54) is 31.0 Å². The monoisotopic (exact) mass is 285 g/mol. The first-order chi connectivity index (χ1) is 9.08. The molecule has 0 radical (unpaired) electrons. The van der Waals surface area contributed by atoms with Gasteiger partial charge in [-0.15, -0.1) is 11.8 Å². The summed E-state index contributed by atoms with van der Waals surface area (Å²) in [5.74, 6) is -0.509. The maximum Gasteiger partial charge on any atom is 0.340 e. The molecule has 0 saturated carbocycles. The molecular formula is C13H16FNO3S. The van der Waals surface area contributed by atoms with E-state index in [4.69, 9.17) is 0 Å². The molecular weight excluding hydrogens is 269 g/mol. The van der Waals surface area contributed by atoms with Crippen LogP contribution in [0.3, 0.4) is 0 Å². The molecule has 0 unspecified atom stereocenters. The second kappa shape index (κ2) is 7.78. The van der Waals surface area contributed by atoms with E-state index < -0.39 is 11.8 Å². The molecule has 1 aromatic rings. The van der Waals surface area contributed by atoms with E-state index in [2.05, 4.69) is 10.1 Å². The molecule has 6 heteroatoms. The molecule has 0 aliphatic carbocycles. The normalized spacial score (nSPS) is 10.1. The first kappa shape index (κ1) is 15.5. The zero-order chi connectivity index (χ0) is 14.3. The number of methoxy groups -OCH3 is 1. The Labute approximate surface area is 115 Å². The van der Waals surface area contributed by atoms with E-state index in [1.54, 1.807) is 6.07 Å². The van der Waals surface area contributed by atoms with E-state index in [1.807, 2.05) is 6.92 Å². The number of thioether (sulfide) groups is 1. The van der Waals surface area contributed by atoms with Crippen LogP contribution in [0.1, 0.15) is 22.8 Å². The van der Waals surface area contributed by atoms with Crippen LogP contribution in [0.2, 0.25) is 0 Å². The highest BCUT2D eigenvalue weighted by Crippen LogP contribution is 2.16. The van der Waals surface area contributed by atoms with E-state index >= 15 is 0 Å². The van der Waals surface area contributed by atoms with Gasteiger partial charge in [0.25, 0.3) is 0 Å². The predicted octanol–water partition coefficient (Wildman–Crippen LogP) is 1.98. The molecule has 4 nitrogen and oxygen atoms in total. The molecule has 19 heavy (non-hydrogen) atoms. The van der Waals surface area contributed by atoms with E-state index in [-0.39, 0.29) is 11.5 Å². The molecule has 0 fully saturated rings. The van der Waals surface area contributed by atoms with Crippen molar-refractivity contribution >= 4 is 23.6 Å². The molecule has 0 aromatic heterocycles. The molecule has 1 N–H and O–H groups in total. The summed E-state index contributed by atoms with van der Waals surface area (Å²) < 4.78 is 18.1. The minimum atomic E-state index is -0.695. The van der Waals surface area contributed by atoms with Gasteiger partial charge < -0.3 is 10.1 Å². The van der Waals surface area contributed by atoms with Gasteiger partial charge in [0, 0.05) is 12.3 Å². The minimum absolute atomic E-state index is 0.0425. The van der Waals surface area contributed by atoms with E-state index in [9.17, 15) is 14.0 Å². The Balaban J connectivity index is 2.54. The highest BCUT2D eigenvalue weighted by Gasteiger charge is 2.12. The van der Waals surface area contributed by atoms with Crippen LogP contribution in [0.15, 0.2) is 18.2 Å². The quantitative estimate of drug-likeness (QED) is 0.812. The highest BCUT2D eigenvalue weighted by atomic mass is 32.2. The SMILES string of the molecule is CCNC(=O)CSCc1ccc(C(=O)OC)c(F)c1. The van der Waals surface area contributed by atoms with Crippen LogP contribution in [0.5, 0.6) is 0 Å². The summed E-state index contributed by atoms with van der Waals surface area (Å²) in [6.45, 7) is 2.45. The average molecular weight is 285 g/mol. The van der Waals surface area contributed by atoms with Gasteiger partial charge in [-0.1, -0.05) is 6.07 Å². The standard InChI is InChI=1S/C13H16FNO3S/c1-3-15-12(16)8-19-7-9-4-5-10(11(14)6-9)13(17)18-2/h4-6H,3,7-8H2,1-2H3,(H,15,16). The maximum absolute atomic E-state index is 13.6. The van der Waals surface area contributed by atoms with Crippen molar-refractivity contribution in [2.45, 2.75) is 12.7 Å². The predicted molar refractivity (Wildman–Crippen MR) is 72.6 cm³/mol. The van der Waals surface area contributed by atoms with Gasteiger partial charge in [0.15, 0.2) is 0 Å². The van der Waals surface area contributed by atoms with Gasteiger partial charge in [-0.25, -0.2) is 9.18 Å². The Morgan fingerprint density at radius 3 is 2.74 bits per heavy atom. The van der Waals surface area contributed by atoms with Crippen molar-refractivity contribution in [3.05, 3.63) is 35.1 Å². The molecule has 0 heterocycles. The third-order valence-electron chi connectivity index (χ3n) is 2.31. The van der Waals surface area contributed by atoms with Gasteiger partial charge in [-0.2, -0.15) is 0 Å². The van der Waals surface area contributed by atoms with E-state index in [0.717, 1.165) is 5.56 Å². The molecule has 1 amide bonds. The summed E-state index contributed by atoms with van der Waals surface area (Å²) >= 11 is 1.39. The molecule has 0 spiro atoms. The number of nitrogens with one attached hydrogen (secondary N) is 1. The Hall–Kier alpha value is -1.56. The van der Waals surface area contributed by atoms with Crippen molar-refractivity contribution in [2.75, 3.05) is 19.4 Å². The van der Waals surface area contributed by atoms with Crippen LogP contribution in [0.4, 0.5) is 4.39 Å². The Kier molecular flexibility index (Phi) is 6.35. The number of carbonyl (C=O) groups is 2. The van der Waals surface area contributed by atoms with Crippen LogP contribution in [0.25, 0.3) is 0 Å². The van der Waals surface area contributed by atoms with Crippen molar-refractivity contribution in [1.82, 2.24) is 5.32 Å². The minimum Gasteiger partial charge on any atom is -0.465 e. The lowest BCUT2D eigenvalue weighted by atomic mass is 10.1. The Morgan fingerprint density at radius 2 is 2.16 bits per heavy atom. The van der Waals surface area contributed by atoms with Crippen molar-refractivity contribution in [3.8, 4) is 0 Å². The van der Waals surface area contributed by atoms with Gasteiger partial charge in [0.2, 0.25) is 5.91 Å². The summed E-state index contributed by atoms with van der Waals surface area (Å²) in [5.41, 5.74) is 0.638. The summed E-state index contributed by atoms with van der Waals surface area (Å²) in [6.07, 6.45) is 0. The third kappa shape index (κ3) is 4.90.